The summed E-state index contributed by atoms with van der Waals surface area (Å²) in [6.07, 6.45) is 12.5. The van der Waals surface area contributed by atoms with E-state index in [9.17, 15) is 9.59 Å². The molecule has 0 aliphatic heterocycles. The first-order valence-electron chi connectivity index (χ1n) is 7.16. The Bertz CT molecular complexity index is 735. The average molecular weight is 288 g/mol. The van der Waals surface area contributed by atoms with E-state index in [0.717, 1.165) is 25.7 Å². The van der Waals surface area contributed by atoms with Crippen molar-refractivity contribution in [3.63, 3.8) is 0 Å². The Morgan fingerprint density at radius 3 is 2.36 bits per heavy atom. The van der Waals surface area contributed by atoms with Crippen LogP contribution in [0.2, 0.25) is 0 Å². The predicted octanol–water partition coefficient (Wildman–Crippen LogP) is 2.60. The number of terminal acetylenes is 1. The van der Waals surface area contributed by atoms with Crippen molar-refractivity contribution in [1.82, 2.24) is 0 Å². The van der Waals surface area contributed by atoms with E-state index in [1.54, 1.807) is 0 Å². The summed E-state index contributed by atoms with van der Waals surface area (Å²) < 4.78 is 0. The molecule has 2 nitrogen and oxygen atoms in total. The first kappa shape index (κ1) is 17.1. The van der Waals surface area contributed by atoms with Crippen molar-refractivity contribution < 1.29 is 9.59 Å². The minimum absolute atomic E-state index is 0.138. The third kappa shape index (κ3) is 6.01. The minimum atomic E-state index is -0.242. The van der Waals surface area contributed by atoms with E-state index in [1.807, 2.05) is 0 Å². The lowest BCUT2D eigenvalue weighted by Crippen LogP contribution is -2.12. The molecule has 0 heterocycles. The Morgan fingerprint density at radius 1 is 0.909 bits per heavy atom. The fraction of sp³-hybridized carbons (Fsp3) is 0.300. The maximum Gasteiger partial charge on any atom is 0.194 e. The molecule has 1 aliphatic rings. The van der Waals surface area contributed by atoms with Gasteiger partial charge in [0.25, 0.3) is 0 Å². The van der Waals surface area contributed by atoms with Gasteiger partial charge >= 0.3 is 0 Å². The van der Waals surface area contributed by atoms with Gasteiger partial charge < -0.3 is 0 Å². The monoisotopic (exact) mass is 288 g/mol. The van der Waals surface area contributed by atoms with E-state index >= 15 is 0 Å². The summed E-state index contributed by atoms with van der Waals surface area (Å²) in [5, 5.41) is 0. The highest BCUT2D eigenvalue weighted by Gasteiger charge is 2.18. The first-order valence-corrected chi connectivity index (χ1v) is 7.16. The van der Waals surface area contributed by atoms with E-state index in [4.69, 9.17) is 6.42 Å². The summed E-state index contributed by atoms with van der Waals surface area (Å²) in [5.41, 5.74) is 0.735. The lowest BCUT2D eigenvalue weighted by Gasteiger charge is -2.08. The molecule has 0 spiro atoms. The van der Waals surface area contributed by atoms with Crippen LogP contribution in [0.5, 0.6) is 0 Å². The lowest BCUT2D eigenvalue weighted by atomic mass is 9.93. The summed E-state index contributed by atoms with van der Waals surface area (Å²) in [5.74, 6) is 16.4. The van der Waals surface area contributed by atoms with Crippen LogP contribution in [0.4, 0.5) is 0 Å². The second-order valence-corrected chi connectivity index (χ2v) is 4.66. The molecule has 0 aromatic rings. The van der Waals surface area contributed by atoms with Crippen molar-refractivity contribution in [3.05, 3.63) is 23.3 Å². The molecular formula is C20H16O2. The van der Waals surface area contributed by atoms with Crippen molar-refractivity contribution in [2.75, 3.05) is 0 Å². The summed E-state index contributed by atoms with van der Waals surface area (Å²) in [4.78, 5) is 23.8. The van der Waals surface area contributed by atoms with E-state index in [-0.39, 0.29) is 17.1 Å². The number of allylic oxidation sites excluding steroid dienone is 4. The molecule has 0 N–H and O–H groups in total. The largest absolute Gasteiger partial charge is 0.290 e. The molecule has 0 saturated heterocycles. The van der Waals surface area contributed by atoms with E-state index < -0.39 is 0 Å². The van der Waals surface area contributed by atoms with Crippen LogP contribution in [0.1, 0.15) is 39.0 Å². The topological polar surface area (TPSA) is 34.1 Å². The second-order valence-electron chi connectivity index (χ2n) is 4.66. The SMILES string of the molecule is C#CC#CC#CC#CC1=CC(=O)C(CCCCCC)=CC1=O. The van der Waals surface area contributed by atoms with Gasteiger partial charge in [0.05, 0.1) is 5.57 Å². The zero-order valence-electron chi connectivity index (χ0n) is 12.6. The van der Waals surface area contributed by atoms with Gasteiger partial charge in [-0.05, 0) is 60.4 Å². The van der Waals surface area contributed by atoms with Crippen LogP contribution in [0.15, 0.2) is 23.3 Å². The van der Waals surface area contributed by atoms with E-state index in [2.05, 4.69) is 48.4 Å². The van der Waals surface area contributed by atoms with Crippen LogP contribution in [-0.4, -0.2) is 11.6 Å². The molecule has 22 heavy (non-hydrogen) atoms. The predicted molar refractivity (Wildman–Crippen MR) is 87.1 cm³/mol. The van der Waals surface area contributed by atoms with Crippen LogP contribution >= 0.6 is 0 Å². The second kappa shape index (κ2) is 9.88. The Hall–Kier alpha value is -2.94. The summed E-state index contributed by atoms with van der Waals surface area (Å²) in [6, 6.07) is 0. The van der Waals surface area contributed by atoms with Gasteiger partial charge in [-0.25, -0.2) is 0 Å². The lowest BCUT2D eigenvalue weighted by molar-refractivity contribution is -0.115. The van der Waals surface area contributed by atoms with Crippen LogP contribution < -0.4 is 0 Å². The highest BCUT2D eigenvalue weighted by atomic mass is 16.1. The molecule has 0 saturated carbocycles. The molecule has 0 unspecified atom stereocenters. The smallest absolute Gasteiger partial charge is 0.194 e. The van der Waals surface area contributed by atoms with Crippen molar-refractivity contribution in [3.8, 4) is 47.9 Å². The van der Waals surface area contributed by atoms with Crippen molar-refractivity contribution >= 4 is 11.6 Å². The third-order valence-corrected chi connectivity index (χ3v) is 2.98. The number of carbonyl (C=O) groups is 2. The number of ketones is 2. The van der Waals surface area contributed by atoms with Gasteiger partial charge in [0.15, 0.2) is 11.6 Å². The van der Waals surface area contributed by atoms with E-state index in [1.165, 1.54) is 12.2 Å². The number of rotatable bonds is 5. The molecule has 2 heteroatoms. The number of carbonyl (C=O) groups excluding carboxylic acids is 2. The van der Waals surface area contributed by atoms with Crippen molar-refractivity contribution in [1.29, 1.82) is 0 Å². The summed E-state index contributed by atoms with van der Waals surface area (Å²) in [7, 11) is 0. The van der Waals surface area contributed by atoms with Gasteiger partial charge in [0.2, 0.25) is 0 Å². The van der Waals surface area contributed by atoms with Crippen LogP contribution in [-0.2, 0) is 9.59 Å². The molecule has 1 rings (SSSR count). The maximum absolute atomic E-state index is 11.9. The highest BCUT2D eigenvalue weighted by Crippen LogP contribution is 2.17. The van der Waals surface area contributed by atoms with Crippen LogP contribution in [0.3, 0.4) is 0 Å². The Labute approximate surface area is 132 Å². The molecule has 108 valence electrons. The third-order valence-electron chi connectivity index (χ3n) is 2.98. The van der Waals surface area contributed by atoms with Crippen molar-refractivity contribution in [2.24, 2.45) is 0 Å². The van der Waals surface area contributed by atoms with Gasteiger partial charge in [0, 0.05) is 11.6 Å². The zero-order chi connectivity index (χ0) is 16.2. The Balaban J connectivity index is 2.66. The molecule has 1 aliphatic carbocycles. The molecule has 0 aromatic heterocycles. The molecule has 0 radical (unpaired) electrons. The molecular weight excluding hydrogens is 272 g/mol. The molecule has 0 atom stereocenters. The first-order chi connectivity index (χ1) is 10.7. The Morgan fingerprint density at radius 2 is 1.64 bits per heavy atom. The number of unbranched alkanes of at least 4 members (excludes halogenated alkanes) is 3. The van der Waals surface area contributed by atoms with Gasteiger partial charge in [0.1, 0.15) is 0 Å². The maximum atomic E-state index is 11.9. The van der Waals surface area contributed by atoms with E-state index in [0.29, 0.717) is 12.0 Å². The number of hydrogen-bond acceptors (Lipinski definition) is 2. The molecule has 0 amide bonds. The summed E-state index contributed by atoms with van der Waals surface area (Å²) >= 11 is 0. The fourth-order valence-electron chi connectivity index (χ4n) is 1.87. The van der Waals surface area contributed by atoms with Gasteiger partial charge in [-0.15, -0.1) is 6.42 Å². The van der Waals surface area contributed by atoms with Gasteiger partial charge in [-0.1, -0.05) is 26.2 Å². The zero-order valence-corrected chi connectivity index (χ0v) is 12.6. The van der Waals surface area contributed by atoms with Crippen LogP contribution in [0.25, 0.3) is 0 Å². The Kier molecular flexibility index (Phi) is 7.69. The molecule has 0 aromatic carbocycles. The number of hydrogen-bond donors (Lipinski definition) is 0. The van der Waals surface area contributed by atoms with Gasteiger partial charge in [-0.2, -0.15) is 0 Å². The van der Waals surface area contributed by atoms with Crippen molar-refractivity contribution in [2.45, 2.75) is 39.0 Å². The summed E-state index contributed by atoms with van der Waals surface area (Å²) in [6.45, 7) is 2.13. The minimum Gasteiger partial charge on any atom is -0.290 e. The quantitative estimate of drug-likeness (QED) is 0.443. The molecule has 0 bridgehead atoms. The average Bonchev–Trinajstić information content (AvgIpc) is 2.51. The fourth-order valence-corrected chi connectivity index (χ4v) is 1.87. The van der Waals surface area contributed by atoms with Gasteiger partial charge in [-0.3, -0.25) is 9.59 Å². The molecule has 0 fully saturated rings. The van der Waals surface area contributed by atoms with Crippen LogP contribution in [0, 0.1) is 47.9 Å². The normalized spacial score (nSPS) is 12.4. The highest BCUT2D eigenvalue weighted by molar-refractivity contribution is 6.21. The standard InChI is InChI=1S/C20H16O2/c1-3-5-7-9-10-12-14-18-16-19(21)17(15-20(18)22)13-11-8-6-4-2/h1,15-16H,4,6,8,11,13H2,2H3.